The Balaban J connectivity index is 1.75. The molecule has 3 rings (SSSR count). The van der Waals surface area contributed by atoms with E-state index in [1.807, 2.05) is 6.07 Å². The minimum Gasteiger partial charge on any atom is -0.324 e. The molecule has 0 aliphatic rings. The van der Waals surface area contributed by atoms with E-state index in [1.54, 1.807) is 61.0 Å². The molecule has 0 aliphatic heterocycles. The fourth-order valence-corrected chi connectivity index (χ4v) is 3.24. The van der Waals surface area contributed by atoms with Gasteiger partial charge in [0.1, 0.15) is 11.9 Å². The van der Waals surface area contributed by atoms with Gasteiger partial charge in [0.25, 0.3) is 0 Å². The molecule has 0 unspecified atom stereocenters. The minimum atomic E-state index is -0.492. The molecule has 1 heterocycles. The Kier molecular flexibility index (Phi) is 5.52. The van der Waals surface area contributed by atoms with Crippen molar-refractivity contribution in [3.63, 3.8) is 0 Å². The van der Waals surface area contributed by atoms with Crippen LogP contribution in [-0.2, 0) is 11.8 Å². The van der Waals surface area contributed by atoms with E-state index in [0.29, 0.717) is 27.8 Å². The van der Waals surface area contributed by atoms with Gasteiger partial charge >= 0.3 is 0 Å². The number of thioether (sulfide) groups is 1. The maximum atomic E-state index is 14.0. The first kappa shape index (κ1) is 18.6. The van der Waals surface area contributed by atoms with Gasteiger partial charge in [-0.1, -0.05) is 36.0 Å². The van der Waals surface area contributed by atoms with Crippen LogP contribution in [-0.4, -0.2) is 25.9 Å². The lowest BCUT2D eigenvalue weighted by atomic mass is 10.2. The Hall–Kier alpha value is -3.18. The highest BCUT2D eigenvalue weighted by Crippen LogP contribution is 2.27. The number of halogens is 1. The zero-order valence-corrected chi connectivity index (χ0v) is 15.5. The molecule has 1 N–H and O–H groups in total. The first-order chi connectivity index (χ1) is 13.0. The second-order valence-corrected chi connectivity index (χ2v) is 7.06. The van der Waals surface area contributed by atoms with Gasteiger partial charge in [0.2, 0.25) is 5.91 Å². The first-order valence-corrected chi connectivity index (χ1v) is 9.00. The maximum Gasteiger partial charge on any atom is 0.237 e. The van der Waals surface area contributed by atoms with E-state index in [-0.39, 0.29) is 11.7 Å². The van der Waals surface area contributed by atoms with Crippen molar-refractivity contribution in [2.45, 2.75) is 17.3 Å². The Morgan fingerprint density at radius 3 is 2.67 bits per heavy atom. The highest BCUT2D eigenvalue weighted by atomic mass is 32.2. The molecule has 1 atom stereocenters. The molecule has 0 aliphatic carbocycles. The summed E-state index contributed by atoms with van der Waals surface area (Å²) in [5, 5.41) is 20.0. The topological polar surface area (TPSA) is 83.6 Å². The number of carbonyl (C=O) groups is 1. The smallest absolute Gasteiger partial charge is 0.237 e. The normalized spacial score (nSPS) is 11.6. The van der Waals surface area contributed by atoms with Crippen LogP contribution in [0.25, 0.3) is 11.4 Å². The number of amides is 1. The molecule has 6 nitrogen and oxygen atoms in total. The van der Waals surface area contributed by atoms with Gasteiger partial charge in [-0.3, -0.25) is 4.79 Å². The minimum absolute atomic E-state index is 0.266. The highest BCUT2D eigenvalue weighted by Gasteiger charge is 2.21. The molecule has 0 saturated carbocycles. The van der Waals surface area contributed by atoms with Crippen molar-refractivity contribution >= 4 is 23.4 Å². The summed E-state index contributed by atoms with van der Waals surface area (Å²) in [6.07, 6.45) is 0. The average Bonchev–Trinajstić information content (AvgIpc) is 3.03. The van der Waals surface area contributed by atoms with E-state index >= 15 is 0 Å². The quantitative estimate of drug-likeness (QED) is 0.683. The molecular formula is C19H16FN5OS. The van der Waals surface area contributed by atoms with Crippen LogP contribution < -0.4 is 5.32 Å². The summed E-state index contributed by atoms with van der Waals surface area (Å²) in [6, 6.07) is 15.2. The number of hydrogen-bond donors (Lipinski definition) is 1. The maximum absolute atomic E-state index is 14.0. The Labute approximate surface area is 160 Å². The Bertz CT molecular complexity index is 1030. The summed E-state index contributed by atoms with van der Waals surface area (Å²) in [6.45, 7) is 1.73. The van der Waals surface area contributed by atoms with Gasteiger partial charge in [0.15, 0.2) is 11.0 Å². The molecule has 27 heavy (non-hydrogen) atoms. The fraction of sp³-hybridized carbons (Fsp3) is 0.158. The van der Waals surface area contributed by atoms with E-state index in [0.717, 1.165) is 0 Å². The van der Waals surface area contributed by atoms with Crippen molar-refractivity contribution in [1.29, 1.82) is 5.26 Å². The SMILES string of the molecule is C[C@@H](Sc1nnc(-c2ccccc2F)n1C)C(=O)Nc1ccccc1C#N. The second kappa shape index (κ2) is 8.01. The summed E-state index contributed by atoms with van der Waals surface area (Å²) in [5.41, 5.74) is 1.20. The predicted octanol–water partition coefficient (Wildman–Crippen LogP) is 3.61. The number of nitriles is 1. The Morgan fingerprint density at radius 1 is 1.22 bits per heavy atom. The summed E-state index contributed by atoms with van der Waals surface area (Å²) < 4.78 is 15.6. The van der Waals surface area contributed by atoms with Gasteiger partial charge in [0.05, 0.1) is 22.1 Å². The van der Waals surface area contributed by atoms with Crippen LogP contribution in [0.15, 0.2) is 53.7 Å². The van der Waals surface area contributed by atoms with Gasteiger partial charge < -0.3 is 9.88 Å². The molecule has 1 amide bonds. The first-order valence-electron chi connectivity index (χ1n) is 8.12. The van der Waals surface area contributed by atoms with Crippen LogP contribution >= 0.6 is 11.8 Å². The molecular weight excluding hydrogens is 365 g/mol. The lowest BCUT2D eigenvalue weighted by molar-refractivity contribution is -0.115. The molecule has 0 bridgehead atoms. The van der Waals surface area contributed by atoms with Crippen molar-refractivity contribution in [2.24, 2.45) is 7.05 Å². The van der Waals surface area contributed by atoms with Gasteiger partial charge in [0, 0.05) is 7.05 Å². The van der Waals surface area contributed by atoms with Crippen LogP contribution in [0.5, 0.6) is 0 Å². The summed E-state index contributed by atoms with van der Waals surface area (Å²) >= 11 is 1.20. The number of aromatic nitrogens is 3. The fourth-order valence-electron chi connectivity index (χ4n) is 2.43. The number of rotatable bonds is 5. The van der Waals surface area contributed by atoms with Crippen molar-refractivity contribution in [2.75, 3.05) is 5.32 Å². The van der Waals surface area contributed by atoms with Crippen LogP contribution in [0.3, 0.4) is 0 Å². The standard InChI is InChI=1S/C19H16FN5OS/c1-12(18(26)22-16-10-6-3-7-13(16)11-21)27-19-24-23-17(25(19)2)14-8-4-5-9-15(14)20/h3-10,12H,1-2H3,(H,22,26)/t12-/m1/s1. The Morgan fingerprint density at radius 2 is 1.93 bits per heavy atom. The zero-order chi connectivity index (χ0) is 19.4. The third-order valence-corrected chi connectivity index (χ3v) is 5.04. The number of anilines is 1. The second-order valence-electron chi connectivity index (χ2n) is 5.75. The third-order valence-electron chi connectivity index (χ3n) is 3.91. The van der Waals surface area contributed by atoms with Crippen molar-refractivity contribution in [1.82, 2.24) is 14.8 Å². The summed E-state index contributed by atoms with van der Waals surface area (Å²) in [4.78, 5) is 12.5. The molecule has 0 saturated heterocycles. The molecule has 136 valence electrons. The number of benzene rings is 2. The van der Waals surface area contributed by atoms with Crippen molar-refractivity contribution < 1.29 is 9.18 Å². The molecule has 8 heteroatoms. The molecule has 0 fully saturated rings. The van der Waals surface area contributed by atoms with Crippen LogP contribution in [0, 0.1) is 17.1 Å². The summed E-state index contributed by atoms with van der Waals surface area (Å²) in [5.74, 6) is -0.264. The number of para-hydroxylation sites is 1. The summed E-state index contributed by atoms with van der Waals surface area (Å²) in [7, 11) is 1.72. The molecule has 1 aromatic heterocycles. The molecule has 0 spiro atoms. The van der Waals surface area contributed by atoms with Crippen molar-refractivity contribution in [3.05, 3.63) is 59.9 Å². The van der Waals surface area contributed by atoms with E-state index in [2.05, 4.69) is 15.5 Å². The van der Waals surface area contributed by atoms with Gasteiger partial charge in [-0.05, 0) is 31.2 Å². The van der Waals surface area contributed by atoms with Crippen molar-refractivity contribution in [3.8, 4) is 17.5 Å². The van der Waals surface area contributed by atoms with Crippen LogP contribution in [0.4, 0.5) is 10.1 Å². The van der Waals surface area contributed by atoms with E-state index in [4.69, 9.17) is 5.26 Å². The number of nitrogens with zero attached hydrogens (tertiary/aromatic N) is 4. The largest absolute Gasteiger partial charge is 0.324 e. The molecule has 2 aromatic carbocycles. The molecule has 0 radical (unpaired) electrons. The highest BCUT2D eigenvalue weighted by molar-refractivity contribution is 8.00. The van der Waals surface area contributed by atoms with Gasteiger partial charge in [-0.25, -0.2) is 4.39 Å². The van der Waals surface area contributed by atoms with E-state index in [1.165, 1.54) is 17.8 Å². The monoisotopic (exact) mass is 381 g/mol. The number of hydrogen-bond acceptors (Lipinski definition) is 5. The van der Waals surface area contributed by atoms with Crippen LogP contribution in [0.2, 0.25) is 0 Å². The average molecular weight is 381 g/mol. The lowest BCUT2D eigenvalue weighted by Gasteiger charge is -2.12. The third kappa shape index (κ3) is 3.99. The molecule has 3 aromatic rings. The number of nitrogens with one attached hydrogen (secondary N) is 1. The van der Waals surface area contributed by atoms with Gasteiger partial charge in [-0.2, -0.15) is 5.26 Å². The predicted molar refractivity (Wildman–Crippen MR) is 102 cm³/mol. The van der Waals surface area contributed by atoms with E-state index in [9.17, 15) is 9.18 Å². The zero-order valence-electron chi connectivity index (χ0n) is 14.7. The van der Waals surface area contributed by atoms with Crippen LogP contribution in [0.1, 0.15) is 12.5 Å². The van der Waals surface area contributed by atoms with Gasteiger partial charge in [-0.15, -0.1) is 10.2 Å². The van der Waals surface area contributed by atoms with E-state index < -0.39 is 5.25 Å². The number of carbonyl (C=O) groups excluding carboxylic acids is 1. The lowest BCUT2D eigenvalue weighted by Crippen LogP contribution is -2.23.